The lowest BCUT2D eigenvalue weighted by Gasteiger charge is -2.70. The molecule has 70 valence electrons. The molecule has 0 atom stereocenters. The summed E-state index contributed by atoms with van der Waals surface area (Å²) in [4.78, 5) is 0. The summed E-state index contributed by atoms with van der Waals surface area (Å²) in [6, 6.07) is 0. The van der Waals surface area contributed by atoms with Crippen LogP contribution in [0.4, 0.5) is 0 Å². The normalized spacial score (nSPS) is 44.8. The fourth-order valence-corrected chi connectivity index (χ4v) is 3.56. The van der Waals surface area contributed by atoms with Gasteiger partial charge in [-0.2, -0.15) is 0 Å². The maximum absolute atomic E-state index is 10.9. The fraction of sp³-hybridized carbons (Fsp3) is 1.00. The van der Waals surface area contributed by atoms with Crippen LogP contribution in [0.2, 0.25) is 0 Å². The first kappa shape index (κ1) is 8.47. The molecule has 3 aliphatic carbocycles. The largest absolute Gasteiger partial charge is 0.314 e. The molecule has 0 spiro atoms. The predicted octanol–water partition coefficient (Wildman–Crippen LogP) is -0.570. The summed E-state index contributed by atoms with van der Waals surface area (Å²) in [6.45, 7) is 0. The minimum absolute atomic E-state index is 0.0867. The van der Waals surface area contributed by atoms with E-state index in [0.29, 0.717) is 0 Å². The van der Waals surface area contributed by atoms with Gasteiger partial charge in [-0.1, -0.05) is 0 Å². The van der Waals surface area contributed by atoms with E-state index in [1.165, 1.54) is 6.26 Å². The van der Waals surface area contributed by atoms with E-state index < -0.39 is 10.0 Å². The molecule has 12 heavy (non-hydrogen) atoms. The number of hydrogen-bond donors (Lipinski definition) is 2. The van der Waals surface area contributed by atoms with Crippen molar-refractivity contribution in [2.24, 2.45) is 0 Å². The summed E-state index contributed by atoms with van der Waals surface area (Å²) >= 11 is 0. The van der Waals surface area contributed by atoms with Crippen molar-refractivity contribution in [1.82, 2.24) is 10.0 Å². The highest BCUT2D eigenvalue weighted by Crippen LogP contribution is 2.60. The van der Waals surface area contributed by atoms with Crippen molar-refractivity contribution in [1.29, 1.82) is 0 Å². The number of nitrogens with one attached hydrogen (secondary N) is 2. The van der Waals surface area contributed by atoms with Crippen molar-refractivity contribution >= 4 is 10.0 Å². The van der Waals surface area contributed by atoms with Crippen LogP contribution in [0.1, 0.15) is 19.3 Å². The van der Waals surface area contributed by atoms with Gasteiger partial charge in [0.25, 0.3) is 0 Å². The van der Waals surface area contributed by atoms with Crippen LogP contribution in [0.5, 0.6) is 0 Å². The van der Waals surface area contributed by atoms with Crippen molar-refractivity contribution in [2.75, 3.05) is 13.3 Å². The summed E-state index contributed by atoms with van der Waals surface area (Å²) in [5, 5.41) is 3.22. The maximum atomic E-state index is 10.9. The van der Waals surface area contributed by atoms with Gasteiger partial charge in [-0.05, 0) is 26.3 Å². The van der Waals surface area contributed by atoms with Gasteiger partial charge < -0.3 is 5.32 Å². The van der Waals surface area contributed by atoms with Crippen LogP contribution in [0, 0.1) is 0 Å². The van der Waals surface area contributed by atoms with E-state index in [2.05, 4.69) is 10.0 Å². The third kappa shape index (κ3) is 1.08. The molecular formula is C7H14N2O2S. The summed E-state index contributed by atoms with van der Waals surface area (Å²) in [5.74, 6) is 0. The molecule has 0 unspecified atom stereocenters. The lowest BCUT2D eigenvalue weighted by molar-refractivity contribution is -0.0850. The molecule has 0 heterocycles. The first-order chi connectivity index (χ1) is 5.39. The molecule has 2 N–H and O–H groups in total. The Labute approximate surface area is 72.8 Å². The third-order valence-corrected chi connectivity index (χ3v) is 3.77. The standard InChI is InChI=1S/C7H14N2O2S/c1-8-6-3-7(4-6,5-6)9-12(2,10)11/h8-9H,3-5H2,1-2H3. The average molecular weight is 190 g/mol. The van der Waals surface area contributed by atoms with Crippen LogP contribution < -0.4 is 10.0 Å². The Morgan fingerprint density at radius 3 is 2.00 bits per heavy atom. The molecule has 3 fully saturated rings. The second-order valence-electron chi connectivity index (χ2n) is 4.22. The van der Waals surface area contributed by atoms with Crippen molar-refractivity contribution in [2.45, 2.75) is 30.3 Å². The topological polar surface area (TPSA) is 58.2 Å². The molecule has 0 aliphatic heterocycles. The highest BCUT2D eigenvalue weighted by atomic mass is 32.2. The van der Waals surface area contributed by atoms with E-state index in [1.54, 1.807) is 0 Å². The van der Waals surface area contributed by atoms with Gasteiger partial charge in [0.15, 0.2) is 0 Å². The Bertz CT molecular complexity index is 290. The lowest BCUT2D eigenvalue weighted by atomic mass is 9.45. The van der Waals surface area contributed by atoms with Crippen molar-refractivity contribution in [3.05, 3.63) is 0 Å². The Kier molecular flexibility index (Phi) is 1.43. The van der Waals surface area contributed by atoms with Crippen LogP contribution >= 0.6 is 0 Å². The highest BCUT2D eigenvalue weighted by molar-refractivity contribution is 7.88. The van der Waals surface area contributed by atoms with Gasteiger partial charge in [-0.15, -0.1) is 0 Å². The minimum atomic E-state index is -3.02. The van der Waals surface area contributed by atoms with Gasteiger partial charge in [0, 0.05) is 11.1 Å². The summed E-state index contributed by atoms with van der Waals surface area (Å²) in [6.07, 6.45) is 4.07. The zero-order valence-corrected chi connectivity index (χ0v) is 8.16. The zero-order chi connectivity index (χ0) is 9.04. The lowest BCUT2D eigenvalue weighted by Crippen LogP contribution is -2.82. The maximum Gasteiger partial charge on any atom is 0.209 e. The second kappa shape index (κ2) is 2.02. The monoisotopic (exact) mass is 190 g/mol. The number of hydrogen-bond acceptors (Lipinski definition) is 3. The van der Waals surface area contributed by atoms with Crippen LogP contribution in [-0.4, -0.2) is 32.8 Å². The fourth-order valence-electron chi connectivity index (χ4n) is 2.55. The van der Waals surface area contributed by atoms with Crippen LogP contribution in [0.15, 0.2) is 0 Å². The van der Waals surface area contributed by atoms with Crippen LogP contribution in [0.3, 0.4) is 0 Å². The molecule has 0 saturated heterocycles. The molecule has 0 aromatic heterocycles. The van der Waals surface area contributed by atoms with Crippen molar-refractivity contribution in [3.8, 4) is 0 Å². The molecule has 3 aliphatic rings. The Morgan fingerprint density at radius 2 is 1.67 bits per heavy atom. The Balaban J connectivity index is 1.97. The van der Waals surface area contributed by atoms with E-state index >= 15 is 0 Å². The second-order valence-corrected chi connectivity index (χ2v) is 5.96. The highest BCUT2D eigenvalue weighted by Gasteiger charge is 2.68. The molecule has 0 radical (unpaired) electrons. The summed E-state index contributed by atoms with van der Waals surface area (Å²) in [5.41, 5.74) is 0.175. The van der Waals surface area contributed by atoms with Crippen molar-refractivity contribution < 1.29 is 8.42 Å². The molecular weight excluding hydrogens is 176 g/mol. The molecule has 2 bridgehead atoms. The van der Waals surface area contributed by atoms with E-state index in [4.69, 9.17) is 0 Å². The molecule has 0 aromatic rings. The first-order valence-electron chi connectivity index (χ1n) is 4.07. The summed E-state index contributed by atoms with van der Waals surface area (Å²) < 4.78 is 24.5. The van der Waals surface area contributed by atoms with Gasteiger partial charge >= 0.3 is 0 Å². The van der Waals surface area contributed by atoms with Gasteiger partial charge in [0.2, 0.25) is 10.0 Å². The number of rotatable bonds is 3. The third-order valence-electron chi connectivity index (χ3n) is 2.96. The minimum Gasteiger partial charge on any atom is -0.314 e. The van der Waals surface area contributed by atoms with Crippen LogP contribution in [-0.2, 0) is 10.0 Å². The average Bonchev–Trinajstić information content (AvgIpc) is 1.72. The van der Waals surface area contributed by atoms with E-state index in [0.717, 1.165) is 19.3 Å². The zero-order valence-electron chi connectivity index (χ0n) is 7.35. The van der Waals surface area contributed by atoms with Gasteiger partial charge in [0.05, 0.1) is 6.26 Å². The summed E-state index contributed by atoms with van der Waals surface area (Å²) in [7, 11) is -1.08. The van der Waals surface area contributed by atoms with Crippen molar-refractivity contribution in [3.63, 3.8) is 0 Å². The number of sulfonamides is 1. The SMILES string of the molecule is CNC12CC(NS(C)(=O)=O)(C1)C2. The van der Waals surface area contributed by atoms with Crippen LogP contribution in [0.25, 0.3) is 0 Å². The quantitative estimate of drug-likeness (QED) is 0.626. The van der Waals surface area contributed by atoms with Gasteiger partial charge in [-0.3, -0.25) is 0 Å². The molecule has 0 amide bonds. The van der Waals surface area contributed by atoms with E-state index in [1.807, 2.05) is 7.05 Å². The first-order valence-corrected chi connectivity index (χ1v) is 5.96. The molecule has 4 nitrogen and oxygen atoms in total. The van der Waals surface area contributed by atoms with E-state index in [-0.39, 0.29) is 11.1 Å². The van der Waals surface area contributed by atoms with Gasteiger partial charge in [-0.25, -0.2) is 13.1 Å². The van der Waals surface area contributed by atoms with E-state index in [9.17, 15) is 8.42 Å². The molecule has 3 rings (SSSR count). The molecule has 3 saturated carbocycles. The smallest absolute Gasteiger partial charge is 0.209 e. The predicted molar refractivity (Wildman–Crippen MR) is 46.4 cm³/mol. The van der Waals surface area contributed by atoms with Gasteiger partial charge in [0.1, 0.15) is 0 Å². The molecule has 0 aromatic carbocycles. The Morgan fingerprint density at radius 1 is 1.17 bits per heavy atom. The molecule has 5 heteroatoms. The Hall–Kier alpha value is -0.130.